The molecule has 2 nitrogen and oxygen atoms in total. The van der Waals surface area contributed by atoms with Gasteiger partial charge in [0.2, 0.25) is 5.91 Å². The minimum absolute atomic E-state index is 0.0744. The topological polar surface area (TPSA) is 29.1 Å². The van der Waals surface area contributed by atoms with Gasteiger partial charge in [-0.05, 0) is 18.1 Å². The number of carbonyl (C=O) groups is 1. The molecule has 0 radical (unpaired) electrons. The summed E-state index contributed by atoms with van der Waals surface area (Å²) < 4.78 is 0.966. The predicted molar refractivity (Wildman–Crippen MR) is 71.7 cm³/mol. The zero-order valence-electron chi connectivity index (χ0n) is 8.20. The van der Waals surface area contributed by atoms with Crippen LogP contribution in [0.15, 0.2) is 29.2 Å². The van der Waals surface area contributed by atoms with Crippen molar-refractivity contribution in [2.45, 2.75) is 16.6 Å². The lowest BCUT2D eigenvalue weighted by atomic mass is 10.1. The minimum Gasteiger partial charge on any atom is -0.354 e. The molecule has 1 atom stereocenters. The van der Waals surface area contributed by atoms with Crippen LogP contribution in [0.4, 0.5) is 0 Å². The van der Waals surface area contributed by atoms with Crippen LogP contribution in [-0.2, 0) is 11.2 Å². The molecule has 0 aliphatic carbocycles. The van der Waals surface area contributed by atoms with Gasteiger partial charge in [-0.25, -0.2) is 0 Å². The molecule has 4 heteroatoms. The third kappa shape index (κ3) is 2.66. The summed E-state index contributed by atoms with van der Waals surface area (Å²) >= 11 is 3.94. The maximum absolute atomic E-state index is 11.7. The molecular formula is C11H12INOS. The first-order valence-electron chi connectivity index (χ1n) is 4.89. The molecule has 0 aromatic heterocycles. The Labute approximate surface area is 107 Å². The van der Waals surface area contributed by atoms with Gasteiger partial charge in [0.05, 0.1) is 5.25 Å². The van der Waals surface area contributed by atoms with Crippen LogP contribution in [0.1, 0.15) is 5.56 Å². The van der Waals surface area contributed by atoms with E-state index in [2.05, 4.69) is 40.0 Å². The van der Waals surface area contributed by atoms with Crippen molar-refractivity contribution < 1.29 is 4.79 Å². The van der Waals surface area contributed by atoms with Gasteiger partial charge in [0.15, 0.2) is 0 Å². The molecule has 1 aliphatic rings. The van der Waals surface area contributed by atoms with Crippen molar-refractivity contribution >= 4 is 40.3 Å². The predicted octanol–water partition coefficient (Wildman–Crippen LogP) is 2.25. The Morgan fingerprint density at radius 1 is 1.53 bits per heavy atom. The lowest BCUT2D eigenvalue weighted by molar-refractivity contribution is -0.120. The van der Waals surface area contributed by atoms with E-state index in [1.54, 1.807) is 11.8 Å². The monoisotopic (exact) mass is 333 g/mol. The summed E-state index contributed by atoms with van der Waals surface area (Å²) in [7, 11) is 0. The Morgan fingerprint density at radius 3 is 3.07 bits per heavy atom. The summed E-state index contributed by atoms with van der Waals surface area (Å²) in [5.41, 5.74) is 1.30. The normalized spacial score (nSPS) is 18.6. The highest BCUT2D eigenvalue weighted by Crippen LogP contribution is 2.36. The van der Waals surface area contributed by atoms with Gasteiger partial charge in [-0.15, -0.1) is 11.8 Å². The highest BCUT2D eigenvalue weighted by atomic mass is 127. The van der Waals surface area contributed by atoms with Crippen molar-refractivity contribution in [3.8, 4) is 0 Å². The molecule has 1 heterocycles. The molecule has 0 saturated carbocycles. The average molecular weight is 333 g/mol. The molecule has 1 N–H and O–H groups in total. The summed E-state index contributed by atoms with van der Waals surface area (Å²) in [4.78, 5) is 13.0. The van der Waals surface area contributed by atoms with Crippen LogP contribution in [0.3, 0.4) is 0 Å². The number of hydrogen-bond acceptors (Lipinski definition) is 2. The fraction of sp³-hybridized carbons (Fsp3) is 0.364. The van der Waals surface area contributed by atoms with Gasteiger partial charge in [-0.2, -0.15) is 0 Å². The first kappa shape index (κ1) is 11.3. The van der Waals surface area contributed by atoms with E-state index in [0.29, 0.717) is 0 Å². The van der Waals surface area contributed by atoms with Crippen LogP contribution in [0.25, 0.3) is 0 Å². The van der Waals surface area contributed by atoms with E-state index in [1.807, 2.05) is 12.1 Å². The highest BCUT2D eigenvalue weighted by Gasteiger charge is 2.27. The van der Waals surface area contributed by atoms with Gasteiger partial charge in [-0.3, -0.25) is 4.79 Å². The van der Waals surface area contributed by atoms with Gasteiger partial charge < -0.3 is 5.32 Å². The molecular weight excluding hydrogens is 321 g/mol. The van der Waals surface area contributed by atoms with Crippen molar-refractivity contribution in [3.63, 3.8) is 0 Å². The number of hydrogen-bond donors (Lipinski definition) is 1. The number of benzene rings is 1. The van der Waals surface area contributed by atoms with Gasteiger partial charge >= 0.3 is 0 Å². The number of nitrogens with one attached hydrogen (secondary N) is 1. The van der Waals surface area contributed by atoms with Crippen molar-refractivity contribution in [3.05, 3.63) is 29.8 Å². The van der Waals surface area contributed by atoms with Crippen molar-refractivity contribution in [2.75, 3.05) is 11.0 Å². The fourth-order valence-corrected chi connectivity index (χ4v) is 3.10. The number of alkyl halides is 1. The molecule has 80 valence electrons. The van der Waals surface area contributed by atoms with Crippen LogP contribution >= 0.6 is 34.4 Å². The molecule has 0 bridgehead atoms. The second-order valence-electron chi connectivity index (χ2n) is 3.40. The number of rotatable bonds is 3. The van der Waals surface area contributed by atoms with E-state index < -0.39 is 0 Å². The van der Waals surface area contributed by atoms with E-state index in [4.69, 9.17) is 0 Å². The third-order valence-electron chi connectivity index (χ3n) is 2.33. The van der Waals surface area contributed by atoms with E-state index in [9.17, 15) is 4.79 Å². The maximum atomic E-state index is 11.7. The summed E-state index contributed by atoms with van der Waals surface area (Å²) in [6.45, 7) is 0.771. The molecule has 2 rings (SSSR count). The smallest absolute Gasteiger partial charge is 0.233 e. The largest absolute Gasteiger partial charge is 0.354 e. The van der Waals surface area contributed by atoms with E-state index in [1.165, 1.54) is 10.5 Å². The summed E-state index contributed by atoms with van der Waals surface area (Å²) in [6, 6.07) is 8.25. The van der Waals surface area contributed by atoms with Gasteiger partial charge in [0, 0.05) is 15.9 Å². The average Bonchev–Trinajstić information content (AvgIpc) is 2.69. The maximum Gasteiger partial charge on any atom is 0.233 e. The lowest BCUT2D eigenvalue weighted by Gasteiger charge is -2.08. The first-order chi connectivity index (χ1) is 7.31. The fourth-order valence-electron chi connectivity index (χ4n) is 1.61. The number of halogens is 1. The lowest BCUT2D eigenvalue weighted by Crippen LogP contribution is -2.33. The number of carbonyl (C=O) groups excluding carboxylic acids is 1. The summed E-state index contributed by atoms with van der Waals surface area (Å²) in [6.07, 6.45) is 0.869. The van der Waals surface area contributed by atoms with E-state index >= 15 is 0 Å². The van der Waals surface area contributed by atoms with E-state index in [-0.39, 0.29) is 11.2 Å². The molecule has 1 unspecified atom stereocenters. The first-order valence-corrected chi connectivity index (χ1v) is 7.30. The van der Waals surface area contributed by atoms with Crippen LogP contribution in [0.5, 0.6) is 0 Å². The summed E-state index contributed by atoms with van der Waals surface area (Å²) in [5.74, 6) is 0.174. The standard InChI is InChI=1S/C11H12INOS/c12-5-6-13-11(14)10-7-8-3-1-2-4-9(8)15-10/h1-4,10H,5-7H2,(H,13,14). The molecule has 1 aromatic rings. The second-order valence-corrected chi connectivity index (χ2v) is 5.72. The molecule has 1 amide bonds. The Kier molecular flexibility index (Phi) is 3.91. The van der Waals surface area contributed by atoms with Crippen LogP contribution in [-0.4, -0.2) is 22.1 Å². The Morgan fingerprint density at radius 2 is 2.33 bits per heavy atom. The van der Waals surface area contributed by atoms with Gasteiger partial charge in [0.1, 0.15) is 0 Å². The second kappa shape index (κ2) is 5.21. The van der Waals surface area contributed by atoms with Crippen molar-refractivity contribution in [1.29, 1.82) is 0 Å². The van der Waals surface area contributed by atoms with Gasteiger partial charge in [-0.1, -0.05) is 40.8 Å². The summed E-state index contributed by atoms with van der Waals surface area (Å²) in [5, 5.41) is 3.02. The van der Waals surface area contributed by atoms with Crippen molar-refractivity contribution in [2.24, 2.45) is 0 Å². The Bertz CT molecular complexity index is 344. The van der Waals surface area contributed by atoms with Crippen LogP contribution in [0, 0.1) is 0 Å². The minimum atomic E-state index is 0.0744. The molecule has 0 saturated heterocycles. The number of amides is 1. The molecule has 0 spiro atoms. The van der Waals surface area contributed by atoms with Crippen LogP contribution in [0.2, 0.25) is 0 Å². The quantitative estimate of drug-likeness (QED) is 0.679. The molecule has 1 aromatic carbocycles. The number of thioether (sulfide) groups is 1. The van der Waals surface area contributed by atoms with Crippen LogP contribution < -0.4 is 5.32 Å². The van der Waals surface area contributed by atoms with E-state index in [0.717, 1.165) is 17.4 Å². The zero-order valence-corrected chi connectivity index (χ0v) is 11.2. The Balaban J connectivity index is 1.98. The number of fused-ring (bicyclic) bond motifs is 1. The molecule has 1 aliphatic heterocycles. The van der Waals surface area contributed by atoms with Crippen molar-refractivity contribution in [1.82, 2.24) is 5.32 Å². The Hall–Kier alpha value is -0.230. The molecule has 0 fully saturated rings. The highest BCUT2D eigenvalue weighted by molar-refractivity contribution is 14.1. The van der Waals surface area contributed by atoms with Gasteiger partial charge in [0.25, 0.3) is 0 Å². The zero-order chi connectivity index (χ0) is 10.7. The molecule has 15 heavy (non-hydrogen) atoms. The SMILES string of the molecule is O=C(NCCI)C1Cc2ccccc2S1. The third-order valence-corrected chi connectivity index (χ3v) is 4.19.